The van der Waals surface area contributed by atoms with Crippen LogP contribution in [0.2, 0.25) is 0 Å². The summed E-state index contributed by atoms with van der Waals surface area (Å²) in [5, 5.41) is 6.33. The molecule has 106 valence electrons. The fraction of sp³-hybridized carbons (Fsp3) is 0.923. The Morgan fingerprint density at radius 1 is 1.61 bits per heavy atom. The number of nitrogens with one attached hydrogen (secondary N) is 2. The maximum Gasteiger partial charge on any atom is 0.237 e. The third-order valence-corrected chi connectivity index (χ3v) is 3.57. The summed E-state index contributed by atoms with van der Waals surface area (Å²) in [6.07, 6.45) is 2.00. The predicted octanol–water partition coefficient (Wildman–Crippen LogP) is 0.211. The molecule has 0 aromatic carbocycles. The summed E-state index contributed by atoms with van der Waals surface area (Å²) in [5.41, 5.74) is 0. The van der Waals surface area contributed by atoms with Gasteiger partial charge in [-0.25, -0.2) is 0 Å². The summed E-state index contributed by atoms with van der Waals surface area (Å²) < 4.78 is 4.96. The van der Waals surface area contributed by atoms with E-state index in [0.29, 0.717) is 19.2 Å². The minimum Gasteiger partial charge on any atom is -0.385 e. The van der Waals surface area contributed by atoms with Crippen molar-refractivity contribution in [1.29, 1.82) is 0 Å². The first-order valence-corrected chi connectivity index (χ1v) is 6.93. The fourth-order valence-electron chi connectivity index (χ4n) is 2.50. The SMILES string of the molecule is CCN(C1CCNC1)C(C)C(=O)NCCCOC. The molecule has 0 aromatic rings. The lowest BCUT2D eigenvalue weighted by Crippen LogP contribution is -2.50. The number of hydrogen-bond acceptors (Lipinski definition) is 4. The van der Waals surface area contributed by atoms with Gasteiger partial charge in [0.2, 0.25) is 5.91 Å². The largest absolute Gasteiger partial charge is 0.385 e. The van der Waals surface area contributed by atoms with Gasteiger partial charge in [-0.05, 0) is 32.9 Å². The van der Waals surface area contributed by atoms with Gasteiger partial charge in [0.1, 0.15) is 0 Å². The highest BCUT2D eigenvalue weighted by atomic mass is 16.5. The number of carbonyl (C=O) groups excluding carboxylic acids is 1. The van der Waals surface area contributed by atoms with Crippen molar-refractivity contribution in [3.05, 3.63) is 0 Å². The quantitative estimate of drug-likeness (QED) is 0.611. The molecule has 18 heavy (non-hydrogen) atoms. The van der Waals surface area contributed by atoms with E-state index >= 15 is 0 Å². The van der Waals surface area contributed by atoms with E-state index in [9.17, 15) is 4.79 Å². The summed E-state index contributed by atoms with van der Waals surface area (Å²) in [6, 6.07) is 0.442. The smallest absolute Gasteiger partial charge is 0.237 e. The van der Waals surface area contributed by atoms with Crippen molar-refractivity contribution >= 4 is 5.91 Å². The van der Waals surface area contributed by atoms with Crippen molar-refractivity contribution in [3.8, 4) is 0 Å². The maximum absolute atomic E-state index is 12.0. The van der Waals surface area contributed by atoms with E-state index in [-0.39, 0.29) is 11.9 Å². The number of amides is 1. The molecule has 1 amide bonds. The molecule has 0 bridgehead atoms. The van der Waals surface area contributed by atoms with Crippen molar-refractivity contribution in [3.63, 3.8) is 0 Å². The first-order chi connectivity index (χ1) is 8.70. The van der Waals surface area contributed by atoms with E-state index < -0.39 is 0 Å². The monoisotopic (exact) mass is 257 g/mol. The van der Waals surface area contributed by atoms with Crippen LogP contribution >= 0.6 is 0 Å². The van der Waals surface area contributed by atoms with Crippen LogP contribution in [0.15, 0.2) is 0 Å². The van der Waals surface area contributed by atoms with Gasteiger partial charge < -0.3 is 15.4 Å². The highest BCUT2D eigenvalue weighted by Gasteiger charge is 2.28. The van der Waals surface area contributed by atoms with Crippen molar-refractivity contribution < 1.29 is 9.53 Å². The molecule has 0 saturated carbocycles. The number of rotatable bonds is 8. The van der Waals surface area contributed by atoms with E-state index in [0.717, 1.165) is 32.5 Å². The van der Waals surface area contributed by atoms with Gasteiger partial charge in [-0.2, -0.15) is 0 Å². The molecule has 1 aliphatic rings. The molecule has 2 atom stereocenters. The molecule has 0 aromatic heterocycles. The predicted molar refractivity (Wildman–Crippen MR) is 72.6 cm³/mol. The Morgan fingerprint density at radius 3 is 2.94 bits per heavy atom. The summed E-state index contributed by atoms with van der Waals surface area (Å²) in [4.78, 5) is 14.3. The van der Waals surface area contributed by atoms with Gasteiger partial charge in [0.15, 0.2) is 0 Å². The van der Waals surface area contributed by atoms with Gasteiger partial charge in [-0.1, -0.05) is 6.92 Å². The Labute approximate surface area is 110 Å². The second-order valence-electron chi connectivity index (χ2n) is 4.79. The Balaban J connectivity index is 2.34. The van der Waals surface area contributed by atoms with Crippen molar-refractivity contribution in [2.45, 2.75) is 38.8 Å². The molecule has 5 nitrogen and oxygen atoms in total. The standard InChI is InChI=1S/C13H27N3O2/c1-4-16(12-6-8-14-10-12)11(2)13(17)15-7-5-9-18-3/h11-12,14H,4-10H2,1-3H3,(H,15,17). The highest BCUT2D eigenvalue weighted by molar-refractivity contribution is 5.81. The minimum absolute atomic E-state index is 0.0533. The molecule has 2 N–H and O–H groups in total. The maximum atomic E-state index is 12.0. The van der Waals surface area contributed by atoms with Gasteiger partial charge in [0.05, 0.1) is 6.04 Å². The first kappa shape index (κ1) is 15.4. The van der Waals surface area contributed by atoms with Gasteiger partial charge in [0, 0.05) is 32.8 Å². The second-order valence-corrected chi connectivity index (χ2v) is 4.79. The molecule has 0 radical (unpaired) electrons. The third-order valence-electron chi connectivity index (χ3n) is 3.57. The van der Waals surface area contributed by atoms with Gasteiger partial charge >= 0.3 is 0 Å². The first-order valence-electron chi connectivity index (χ1n) is 6.93. The highest BCUT2D eigenvalue weighted by Crippen LogP contribution is 2.12. The van der Waals surface area contributed by atoms with Crippen LogP contribution in [0.1, 0.15) is 26.7 Å². The third kappa shape index (κ3) is 4.55. The van der Waals surface area contributed by atoms with E-state index in [1.165, 1.54) is 0 Å². The normalized spacial score (nSPS) is 21.2. The minimum atomic E-state index is -0.0533. The van der Waals surface area contributed by atoms with E-state index in [4.69, 9.17) is 4.74 Å². The zero-order valence-electron chi connectivity index (χ0n) is 11.9. The number of carbonyl (C=O) groups is 1. The van der Waals surface area contributed by atoms with Crippen LogP contribution in [-0.4, -0.2) is 62.8 Å². The second kappa shape index (κ2) is 8.45. The number of likely N-dealkylation sites (N-methyl/N-ethyl adjacent to an activating group) is 1. The average molecular weight is 257 g/mol. The zero-order chi connectivity index (χ0) is 13.4. The topological polar surface area (TPSA) is 53.6 Å². The van der Waals surface area contributed by atoms with E-state index in [2.05, 4.69) is 22.5 Å². The molecule has 1 saturated heterocycles. The van der Waals surface area contributed by atoms with Crippen LogP contribution < -0.4 is 10.6 Å². The molecule has 1 heterocycles. The van der Waals surface area contributed by atoms with Crippen molar-refractivity contribution in [1.82, 2.24) is 15.5 Å². The van der Waals surface area contributed by atoms with Crippen LogP contribution in [0.25, 0.3) is 0 Å². The lowest BCUT2D eigenvalue weighted by Gasteiger charge is -2.32. The number of hydrogen-bond donors (Lipinski definition) is 2. The number of ether oxygens (including phenoxy) is 1. The lowest BCUT2D eigenvalue weighted by atomic mass is 10.1. The molecule has 0 spiro atoms. The van der Waals surface area contributed by atoms with Gasteiger partial charge in [0.25, 0.3) is 0 Å². The Bertz CT molecular complexity index is 242. The van der Waals surface area contributed by atoms with Crippen LogP contribution in [0, 0.1) is 0 Å². The molecule has 0 aliphatic carbocycles. The lowest BCUT2D eigenvalue weighted by molar-refractivity contribution is -0.126. The number of methoxy groups -OCH3 is 1. The summed E-state index contributed by atoms with van der Waals surface area (Å²) in [6.45, 7) is 8.47. The molecular weight excluding hydrogens is 230 g/mol. The van der Waals surface area contributed by atoms with Crippen LogP contribution in [-0.2, 0) is 9.53 Å². The summed E-state index contributed by atoms with van der Waals surface area (Å²) >= 11 is 0. The molecule has 1 fully saturated rings. The summed E-state index contributed by atoms with van der Waals surface area (Å²) in [7, 11) is 1.68. The van der Waals surface area contributed by atoms with Crippen molar-refractivity contribution in [2.24, 2.45) is 0 Å². The Morgan fingerprint density at radius 2 is 2.39 bits per heavy atom. The molecule has 5 heteroatoms. The molecule has 2 unspecified atom stereocenters. The van der Waals surface area contributed by atoms with Crippen molar-refractivity contribution in [2.75, 3.05) is 39.9 Å². The van der Waals surface area contributed by atoms with Crippen LogP contribution in [0.5, 0.6) is 0 Å². The summed E-state index contributed by atoms with van der Waals surface area (Å²) in [5.74, 6) is 0.125. The number of nitrogens with zero attached hydrogens (tertiary/aromatic N) is 1. The Kier molecular flexibility index (Phi) is 7.23. The molecule has 1 aliphatic heterocycles. The van der Waals surface area contributed by atoms with Crippen LogP contribution in [0.3, 0.4) is 0 Å². The van der Waals surface area contributed by atoms with E-state index in [1.807, 2.05) is 6.92 Å². The fourth-order valence-corrected chi connectivity index (χ4v) is 2.50. The average Bonchev–Trinajstić information content (AvgIpc) is 2.89. The van der Waals surface area contributed by atoms with E-state index in [1.54, 1.807) is 7.11 Å². The van der Waals surface area contributed by atoms with Gasteiger partial charge in [-0.15, -0.1) is 0 Å². The molecular formula is C13H27N3O2. The Hall–Kier alpha value is -0.650. The molecule has 1 rings (SSSR count). The van der Waals surface area contributed by atoms with Gasteiger partial charge in [-0.3, -0.25) is 9.69 Å². The zero-order valence-corrected chi connectivity index (χ0v) is 11.9. The van der Waals surface area contributed by atoms with Crippen LogP contribution in [0.4, 0.5) is 0 Å².